The molecule has 4 nitrogen and oxygen atoms in total. The molecule has 2 N–H and O–H groups in total. The van der Waals surface area contributed by atoms with Gasteiger partial charge in [0.25, 0.3) is 5.91 Å². The van der Waals surface area contributed by atoms with Crippen molar-refractivity contribution < 1.29 is 9.90 Å². The highest BCUT2D eigenvalue weighted by molar-refractivity contribution is 5.94. The minimum absolute atomic E-state index is 0.0199. The van der Waals surface area contributed by atoms with Gasteiger partial charge in [-0.3, -0.25) is 4.79 Å². The normalized spacial score (nSPS) is 9.80. The summed E-state index contributed by atoms with van der Waals surface area (Å²) in [6.45, 7) is 0.330. The fourth-order valence-electron chi connectivity index (χ4n) is 1.28. The lowest BCUT2D eigenvalue weighted by molar-refractivity contribution is 0.0767. The van der Waals surface area contributed by atoms with Crippen molar-refractivity contribution in [2.75, 3.05) is 32.6 Å². The third-order valence-corrected chi connectivity index (χ3v) is 2.18. The average Bonchev–Trinajstić information content (AvgIpc) is 2.28. The number of aliphatic hydroxyl groups excluding tert-OH is 1. The molecule has 0 atom stereocenters. The molecule has 1 amide bonds. The summed E-state index contributed by atoms with van der Waals surface area (Å²) in [5.41, 5.74) is 1.52. The zero-order valence-corrected chi connectivity index (χ0v) is 9.03. The van der Waals surface area contributed by atoms with Crippen LogP contribution in [-0.2, 0) is 0 Å². The molecule has 0 saturated heterocycles. The van der Waals surface area contributed by atoms with Gasteiger partial charge in [0.15, 0.2) is 0 Å². The number of nitrogens with one attached hydrogen (secondary N) is 1. The smallest absolute Gasteiger partial charge is 0.253 e. The van der Waals surface area contributed by atoms with Crippen molar-refractivity contribution >= 4 is 11.6 Å². The topological polar surface area (TPSA) is 52.6 Å². The first-order chi connectivity index (χ1) is 7.19. The summed E-state index contributed by atoms with van der Waals surface area (Å²) in [7, 11) is 3.48. The predicted octanol–water partition coefficient (Wildman–Crippen LogP) is 0.793. The molecule has 15 heavy (non-hydrogen) atoms. The second-order valence-corrected chi connectivity index (χ2v) is 3.28. The van der Waals surface area contributed by atoms with E-state index >= 15 is 0 Å². The predicted molar refractivity (Wildman–Crippen MR) is 60.0 cm³/mol. The summed E-state index contributed by atoms with van der Waals surface area (Å²) in [6.07, 6.45) is 0. The first-order valence-corrected chi connectivity index (χ1v) is 4.83. The number of carbonyl (C=O) groups excluding carboxylic acids is 1. The van der Waals surface area contributed by atoms with Crippen LogP contribution in [0.4, 0.5) is 5.69 Å². The Morgan fingerprint density at radius 2 is 2.27 bits per heavy atom. The standard InChI is InChI=1S/C11H16N2O2/c1-12-10-5-3-4-9(8-10)11(15)13(2)6-7-14/h3-5,8,12,14H,6-7H2,1-2H3. The molecule has 0 aliphatic carbocycles. The van der Waals surface area contributed by atoms with E-state index in [9.17, 15) is 4.79 Å². The van der Waals surface area contributed by atoms with Crippen LogP contribution in [0.5, 0.6) is 0 Å². The SMILES string of the molecule is CNc1cccc(C(=O)N(C)CCO)c1. The number of hydrogen-bond acceptors (Lipinski definition) is 3. The lowest BCUT2D eigenvalue weighted by Crippen LogP contribution is -2.29. The van der Waals surface area contributed by atoms with Gasteiger partial charge < -0.3 is 15.3 Å². The zero-order chi connectivity index (χ0) is 11.3. The van der Waals surface area contributed by atoms with Crippen LogP contribution in [0.15, 0.2) is 24.3 Å². The van der Waals surface area contributed by atoms with E-state index in [1.807, 2.05) is 12.1 Å². The Morgan fingerprint density at radius 3 is 2.87 bits per heavy atom. The van der Waals surface area contributed by atoms with E-state index in [1.165, 1.54) is 4.90 Å². The van der Waals surface area contributed by atoms with Crippen LogP contribution in [0.1, 0.15) is 10.4 Å². The van der Waals surface area contributed by atoms with Crippen LogP contribution in [0.25, 0.3) is 0 Å². The Hall–Kier alpha value is -1.55. The molecule has 0 spiro atoms. The van der Waals surface area contributed by atoms with Crippen LogP contribution >= 0.6 is 0 Å². The van der Waals surface area contributed by atoms with Crippen molar-refractivity contribution in [1.82, 2.24) is 4.90 Å². The summed E-state index contributed by atoms with van der Waals surface area (Å²) in [6, 6.07) is 7.27. The van der Waals surface area contributed by atoms with Gasteiger partial charge in [0.05, 0.1) is 6.61 Å². The average molecular weight is 208 g/mol. The minimum atomic E-state index is -0.0823. The summed E-state index contributed by atoms with van der Waals surface area (Å²) in [5, 5.41) is 11.7. The third kappa shape index (κ3) is 2.95. The number of aliphatic hydroxyl groups is 1. The lowest BCUT2D eigenvalue weighted by atomic mass is 10.2. The Labute approximate surface area is 89.5 Å². The van der Waals surface area contributed by atoms with Crippen molar-refractivity contribution in [3.8, 4) is 0 Å². The highest BCUT2D eigenvalue weighted by Gasteiger charge is 2.10. The van der Waals surface area contributed by atoms with Gasteiger partial charge >= 0.3 is 0 Å². The molecule has 0 bridgehead atoms. The van der Waals surface area contributed by atoms with Gasteiger partial charge in [-0.15, -0.1) is 0 Å². The van der Waals surface area contributed by atoms with Gasteiger partial charge in [0.2, 0.25) is 0 Å². The van der Waals surface area contributed by atoms with E-state index in [1.54, 1.807) is 26.2 Å². The molecule has 0 heterocycles. The van der Waals surface area contributed by atoms with Crippen LogP contribution in [0.3, 0.4) is 0 Å². The van der Waals surface area contributed by atoms with Crippen LogP contribution < -0.4 is 5.32 Å². The van der Waals surface area contributed by atoms with Crippen LogP contribution in [0.2, 0.25) is 0 Å². The second kappa shape index (κ2) is 5.36. The number of likely N-dealkylation sites (N-methyl/N-ethyl adjacent to an activating group) is 1. The van der Waals surface area contributed by atoms with Crippen LogP contribution in [-0.4, -0.2) is 43.2 Å². The maximum atomic E-state index is 11.8. The molecule has 0 fully saturated rings. The molecule has 0 radical (unpaired) electrons. The quantitative estimate of drug-likeness (QED) is 0.769. The molecule has 0 aromatic heterocycles. The third-order valence-electron chi connectivity index (χ3n) is 2.18. The van der Waals surface area contributed by atoms with E-state index in [-0.39, 0.29) is 12.5 Å². The van der Waals surface area contributed by atoms with E-state index < -0.39 is 0 Å². The number of rotatable bonds is 4. The Morgan fingerprint density at radius 1 is 1.53 bits per heavy atom. The summed E-state index contributed by atoms with van der Waals surface area (Å²) >= 11 is 0. The van der Waals surface area contributed by atoms with Crippen molar-refractivity contribution in [2.45, 2.75) is 0 Å². The van der Waals surface area contributed by atoms with E-state index in [0.29, 0.717) is 12.1 Å². The fourth-order valence-corrected chi connectivity index (χ4v) is 1.28. The fraction of sp³-hybridized carbons (Fsp3) is 0.364. The Kier molecular flexibility index (Phi) is 4.12. The van der Waals surface area contributed by atoms with Gasteiger partial charge in [-0.25, -0.2) is 0 Å². The molecule has 0 aliphatic rings. The molecule has 1 rings (SSSR count). The van der Waals surface area contributed by atoms with Gasteiger partial charge in [-0.1, -0.05) is 6.07 Å². The van der Waals surface area contributed by atoms with Crippen molar-refractivity contribution in [1.29, 1.82) is 0 Å². The Balaban J connectivity index is 2.81. The molecule has 1 aromatic rings. The second-order valence-electron chi connectivity index (χ2n) is 3.28. The summed E-state index contributed by atoms with van der Waals surface area (Å²) in [4.78, 5) is 13.3. The molecule has 82 valence electrons. The molecular weight excluding hydrogens is 192 g/mol. The van der Waals surface area contributed by atoms with Crippen LogP contribution in [0, 0.1) is 0 Å². The first-order valence-electron chi connectivity index (χ1n) is 4.83. The van der Waals surface area contributed by atoms with E-state index in [4.69, 9.17) is 5.11 Å². The summed E-state index contributed by atoms with van der Waals surface area (Å²) < 4.78 is 0. The number of carbonyl (C=O) groups is 1. The maximum Gasteiger partial charge on any atom is 0.253 e. The number of anilines is 1. The van der Waals surface area contributed by atoms with Gasteiger partial charge in [0.1, 0.15) is 0 Å². The molecule has 1 aromatic carbocycles. The molecule has 4 heteroatoms. The lowest BCUT2D eigenvalue weighted by Gasteiger charge is -2.15. The van der Waals surface area contributed by atoms with Crippen molar-refractivity contribution in [3.63, 3.8) is 0 Å². The van der Waals surface area contributed by atoms with Gasteiger partial charge in [0, 0.05) is 31.9 Å². The number of benzene rings is 1. The largest absolute Gasteiger partial charge is 0.395 e. The van der Waals surface area contributed by atoms with Crippen molar-refractivity contribution in [3.05, 3.63) is 29.8 Å². The maximum absolute atomic E-state index is 11.8. The Bertz CT molecular complexity index is 339. The first kappa shape index (κ1) is 11.5. The number of nitrogens with zero attached hydrogens (tertiary/aromatic N) is 1. The van der Waals surface area contributed by atoms with E-state index in [2.05, 4.69) is 5.32 Å². The van der Waals surface area contributed by atoms with Gasteiger partial charge in [-0.2, -0.15) is 0 Å². The highest BCUT2D eigenvalue weighted by atomic mass is 16.3. The molecule has 0 aliphatic heterocycles. The van der Waals surface area contributed by atoms with Crippen molar-refractivity contribution in [2.24, 2.45) is 0 Å². The number of amides is 1. The summed E-state index contributed by atoms with van der Waals surface area (Å²) in [5.74, 6) is -0.0823. The molecule has 0 unspecified atom stereocenters. The zero-order valence-electron chi connectivity index (χ0n) is 9.03. The number of hydrogen-bond donors (Lipinski definition) is 2. The molecule has 0 saturated carbocycles. The monoisotopic (exact) mass is 208 g/mol. The highest BCUT2D eigenvalue weighted by Crippen LogP contribution is 2.11. The minimum Gasteiger partial charge on any atom is -0.395 e. The molecular formula is C11H16N2O2. The van der Waals surface area contributed by atoms with Gasteiger partial charge in [-0.05, 0) is 18.2 Å². The van der Waals surface area contributed by atoms with E-state index in [0.717, 1.165) is 5.69 Å².